The minimum Gasteiger partial charge on any atom is -0.443 e. The van der Waals surface area contributed by atoms with Gasteiger partial charge in [0, 0.05) is 30.8 Å². The predicted octanol–water partition coefficient (Wildman–Crippen LogP) is 2.48. The highest BCUT2D eigenvalue weighted by molar-refractivity contribution is 5.52. The van der Waals surface area contributed by atoms with Crippen molar-refractivity contribution in [3.63, 3.8) is 0 Å². The summed E-state index contributed by atoms with van der Waals surface area (Å²) < 4.78 is 11.5. The molecule has 6 N–H and O–H groups in total. The summed E-state index contributed by atoms with van der Waals surface area (Å²) in [4.78, 5) is 2.66. The van der Waals surface area contributed by atoms with Gasteiger partial charge in [0.25, 0.3) is 0 Å². The van der Waals surface area contributed by atoms with Crippen LogP contribution in [0.2, 0.25) is 0 Å². The van der Waals surface area contributed by atoms with Crippen molar-refractivity contribution in [2.45, 2.75) is 95.9 Å². The number of aromatic nitrogens is 2. The zero-order valence-corrected chi connectivity index (χ0v) is 25.8. The molecule has 0 aliphatic carbocycles. The fourth-order valence-electron chi connectivity index (χ4n) is 6.94. The van der Waals surface area contributed by atoms with Crippen LogP contribution < -0.4 is 10.1 Å². The predicted molar refractivity (Wildman–Crippen MR) is 165 cm³/mol. The molecule has 2 aromatic rings. The third kappa shape index (κ3) is 7.50. The SMILES string of the molecule is Cc1cc(/C=C/CCN2CCCC3(CCNCC3)C2)ccc1Cc1c(O[C@H]2O[C@H](CO)[C@@H](O)[C@H](O)[C@H]2O)n[nH]c1C(C)C. The van der Waals surface area contributed by atoms with E-state index in [4.69, 9.17) is 9.47 Å². The van der Waals surface area contributed by atoms with Crippen molar-refractivity contribution < 1.29 is 29.9 Å². The number of nitrogens with one attached hydrogen (secondary N) is 2. The lowest BCUT2D eigenvalue weighted by molar-refractivity contribution is -0.278. The number of aryl methyl sites for hydroxylation is 1. The first-order valence-electron chi connectivity index (χ1n) is 15.9. The molecule has 238 valence electrons. The fraction of sp³-hybridized carbons (Fsp3) is 0.667. The summed E-state index contributed by atoms with van der Waals surface area (Å²) in [5.41, 5.74) is 5.73. The van der Waals surface area contributed by atoms with Crippen LogP contribution in [-0.2, 0) is 11.2 Å². The second kappa shape index (κ2) is 14.2. The monoisotopic (exact) mass is 598 g/mol. The van der Waals surface area contributed by atoms with Crippen molar-refractivity contribution in [3.8, 4) is 5.88 Å². The fourth-order valence-corrected chi connectivity index (χ4v) is 6.94. The Balaban J connectivity index is 1.22. The summed E-state index contributed by atoms with van der Waals surface area (Å²) >= 11 is 0. The normalized spacial score (nSPS) is 28.2. The van der Waals surface area contributed by atoms with E-state index in [1.807, 2.05) is 0 Å². The molecule has 1 spiro atoms. The standard InChI is InChI=1S/C33H50N4O6/c1-21(2)27-25(31(36-35-27)43-32-30(41)29(40)28(39)26(19-38)42-32)18-24-9-8-23(17-22(24)3)7-4-5-15-37-16-6-10-33(20-37)11-13-34-14-12-33/h4,7-9,17,21,26,28-30,32,34,38-41H,5-6,10-16,18-20H2,1-3H3,(H,35,36)/b7-4+/t26-,28-,29+,30-,32-/m1/s1. The van der Waals surface area contributed by atoms with Crippen LogP contribution in [0.3, 0.4) is 0 Å². The first kappa shape index (κ1) is 32.1. The molecule has 5 rings (SSSR count). The Morgan fingerprint density at radius 1 is 1.14 bits per heavy atom. The highest BCUT2D eigenvalue weighted by Crippen LogP contribution is 2.38. The van der Waals surface area contributed by atoms with Gasteiger partial charge < -0.3 is 40.1 Å². The summed E-state index contributed by atoms with van der Waals surface area (Å²) in [7, 11) is 0. The number of likely N-dealkylation sites (tertiary alicyclic amines) is 1. The van der Waals surface area contributed by atoms with E-state index in [0.717, 1.165) is 48.4 Å². The van der Waals surface area contributed by atoms with Crippen LogP contribution in [0.4, 0.5) is 0 Å². The molecule has 5 atom stereocenters. The number of hydrogen-bond acceptors (Lipinski definition) is 9. The Kier molecular flexibility index (Phi) is 10.6. The molecule has 3 aliphatic heterocycles. The molecule has 10 nitrogen and oxygen atoms in total. The minimum atomic E-state index is -1.52. The lowest BCUT2D eigenvalue weighted by Gasteiger charge is -2.45. The van der Waals surface area contributed by atoms with Crippen LogP contribution >= 0.6 is 0 Å². The Bertz CT molecular complexity index is 1220. The maximum absolute atomic E-state index is 10.5. The van der Waals surface area contributed by atoms with E-state index < -0.39 is 37.3 Å². The van der Waals surface area contributed by atoms with Crippen LogP contribution in [0.15, 0.2) is 24.3 Å². The first-order valence-corrected chi connectivity index (χ1v) is 15.9. The summed E-state index contributed by atoms with van der Waals surface area (Å²) in [5.74, 6) is 0.405. The number of hydrogen-bond donors (Lipinski definition) is 6. The molecule has 43 heavy (non-hydrogen) atoms. The van der Waals surface area contributed by atoms with E-state index in [9.17, 15) is 20.4 Å². The Labute approximate surface area is 255 Å². The van der Waals surface area contributed by atoms with Crippen LogP contribution in [0.1, 0.15) is 79.8 Å². The number of aliphatic hydroxyl groups is 4. The average molecular weight is 599 g/mol. The van der Waals surface area contributed by atoms with Gasteiger partial charge in [0.15, 0.2) is 0 Å². The third-order valence-corrected chi connectivity index (χ3v) is 9.58. The van der Waals surface area contributed by atoms with Crippen molar-refractivity contribution in [2.24, 2.45) is 5.41 Å². The summed E-state index contributed by atoms with van der Waals surface area (Å²) in [6, 6.07) is 6.47. The van der Waals surface area contributed by atoms with Gasteiger partial charge in [-0.2, -0.15) is 0 Å². The van der Waals surface area contributed by atoms with Crippen molar-refractivity contribution in [2.75, 3.05) is 39.3 Å². The van der Waals surface area contributed by atoms with Gasteiger partial charge in [-0.3, -0.25) is 5.10 Å². The zero-order valence-electron chi connectivity index (χ0n) is 25.8. The van der Waals surface area contributed by atoms with Gasteiger partial charge >= 0.3 is 0 Å². The van der Waals surface area contributed by atoms with Gasteiger partial charge in [-0.15, -0.1) is 5.10 Å². The van der Waals surface area contributed by atoms with E-state index in [1.165, 1.54) is 44.3 Å². The number of aromatic amines is 1. The van der Waals surface area contributed by atoms with Crippen molar-refractivity contribution in [3.05, 3.63) is 52.2 Å². The van der Waals surface area contributed by atoms with Gasteiger partial charge in [-0.25, -0.2) is 0 Å². The van der Waals surface area contributed by atoms with Crippen LogP contribution in [0.25, 0.3) is 6.08 Å². The van der Waals surface area contributed by atoms with Gasteiger partial charge in [-0.05, 0) is 86.7 Å². The second-order valence-corrected chi connectivity index (χ2v) is 13.1. The van der Waals surface area contributed by atoms with Gasteiger partial charge in [0.2, 0.25) is 12.2 Å². The topological polar surface area (TPSA) is 143 Å². The molecule has 1 aromatic heterocycles. The second-order valence-electron chi connectivity index (χ2n) is 13.1. The quantitative estimate of drug-likeness (QED) is 0.243. The number of benzene rings is 1. The Morgan fingerprint density at radius 3 is 2.65 bits per heavy atom. The van der Waals surface area contributed by atoms with Crippen LogP contribution in [-0.4, -0.2) is 106 Å². The van der Waals surface area contributed by atoms with E-state index >= 15 is 0 Å². The van der Waals surface area contributed by atoms with E-state index in [2.05, 4.69) is 71.5 Å². The summed E-state index contributed by atoms with van der Waals surface area (Å²) in [6.07, 6.45) is 4.60. The number of aliphatic hydroxyl groups excluding tert-OH is 4. The van der Waals surface area contributed by atoms with Crippen molar-refractivity contribution in [1.82, 2.24) is 20.4 Å². The molecule has 3 aliphatic rings. The Hall–Kier alpha value is -2.31. The van der Waals surface area contributed by atoms with Gasteiger partial charge in [-0.1, -0.05) is 44.2 Å². The minimum absolute atomic E-state index is 0.140. The number of nitrogens with zero attached hydrogens (tertiary/aromatic N) is 2. The van der Waals surface area contributed by atoms with Gasteiger partial charge in [0.05, 0.1) is 6.61 Å². The third-order valence-electron chi connectivity index (χ3n) is 9.58. The molecule has 1 aromatic carbocycles. The number of piperidine rings is 2. The van der Waals surface area contributed by atoms with Crippen LogP contribution in [0, 0.1) is 12.3 Å². The molecule has 0 unspecified atom stereocenters. The molecule has 3 fully saturated rings. The van der Waals surface area contributed by atoms with Crippen molar-refractivity contribution in [1.29, 1.82) is 0 Å². The molecular weight excluding hydrogens is 548 g/mol. The number of H-pyrrole nitrogens is 1. The molecule has 3 saturated heterocycles. The van der Waals surface area contributed by atoms with Crippen LogP contribution in [0.5, 0.6) is 5.88 Å². The number of ether oxygens (including phenoxy) is 2. The lowest BCUT2D eigenvalue weighted by Crippen LogP contribution is -2.60. The molecule has 4 heterocycles. The molecule has 0 saturated carbocycles. The summed E-state index contributed by atoms with van der Waals surface area (Å²) in [6.45, 7) is 11.6. The largest absolute Gasteiger partial charge is 0.443 e. The average Bonchev–Trinajstić information content (AvgIpc) is 3.39. The number of rotatable bonds is 10. The maximum Gasteiger partial charge on any atom is 0.238 e. The molecule has 0 amide bonds. The van der Waals surface area contributed by atoms with E-state index in [1.54, 1.807) is 0 Å². The van der Waals surface area contributed by atoms with E-state index in [-0.39, 0.29) is 11.8 Å². The maximum atomic E-state index is 10.5. The molecule has 0 radical (unpaired) electrons. The summed E-state index contributed by atoms with van der Waals surface area (Å²) in [5, 5.41) is 51.3. The highest BCUT2D eigenvalue weighted by atomic mass is 16.7. The molecule has 0 bridgehead atoms. The Morgan fingerprint density at radius 2 is 1.93 bits per heavy atom. The first-order chi connectivity index (χ1) is 20.7. The highest BCUT2D eigenvalue weighted by Gasteiger charge is 2.45. The lowest BCUT2D eigenvalue weighted by atomic mass is 9.73. The van der Waals surface area contributed by atoms with E-state index in [0.29, 0.717) is 11.8 Å². The molecular formula is C33H50N4O6. The molecule has 10 heteroatoms. The van der Waals surface area contributed by atoms with Crippen molar-refractivity contribution >= 4 is 6.08 Å². The van der Waals surface area contributed by atoms with Gasteiger partial charge in [0.1, 0.15) is 24.4 Å². The smallest absolute Gasteiger partial charge is 0.238 e. The zero-order chi connectivity index (χ0) is 30.6.